The number of pyridine rings is 1. The van der Waals surface area contributed by atoms with E-state index in [1.807, 2.05) is 26.0 Å². The molecule has 1 aliphatic rings. The van der Waals surface area contributed by atoms with Crippen molar-refractivity contribution < 1.29 is 14.3 Å². The van der Waals surface area contributed by atoms with E-state index in [4.69, 9.17) is 10.00 Å². The van der Waals surface area contributed by atoms with Crippen molar-refractivity contribution in [3.8, 4) is 6.07 Å². The molecule has 0 unspecified atom stereocenters. The Morgan fingerprint density at radius 3 is 2.59 bits per heavy atom. The highest BCUT2D eigenvalue weighted by molar-refractivity contribution is 5.99. The van der Waals surface area contributed by atoms with Crippen LogP contribution in [0.4, 0.5) is 0 Å². The maximum absolute atomic E-state index is 12.5. The van der Waals surface area contributed by atoms with Crippen LogP contribution in [0.2, 0.25) is 0 Å². The van der Waals surface area contributed by atoms with Crippen LogP contribution in [-0.4, -0.2) is 27.9 Å². The number of ketones is 1. The zero-order chi connectivity index (χ0) is 21.3. The molecule has 1 saturated carbocycles. The van der Waals surface area contributed by atoms with E-state index in [1.165, 1.54) is 0 Å². The summed E-state index contributed by atoms with van der Waals surface area (Å²) in [5.41, 5.74) is 4.16. The zero-order valence-electron chi connectivity index (χ0n) is 17.2. The highest BCUT2D eigenvalue weighted by Gasteiger charge is 2.28. The lowest BCUT2D eigenvalue weighted by molar-refractivity contribution is -0.142. The minimum Gasteiger partial charge on any atom is -0.457 e. The fourth-order valence-corrected chi connectivity index (χ4v) is 3.90. The summed E-state index contributed by atoms with van der Waals surface area (Å²) in [6.07, 6.45) is 2.66. The van der Waals surface area contributed by atoms with Gasteiger partial charge in [0.1, 0.15) is 11.6 Å². The van der Waals surface area contributed by atoms with Gasteiger partial charge in [-0.3, -0.25) is 14.4 Å². The molecule has 3 rings (SSSR count). The molecule has 0 bridgehead atoms. The van der Waals surface area contributed by atoms with E-state index in [0.717, 1.165) is 29.8 Å². The Balaban J connectivity index is 1.60. The Kier molecular flexibility index (Phi) is 5.73. The lowest BCUT2D eigenvalue weighted by Gasteiger charge is -2.11. The molecule has 0 amide bonds. The predicted molar refractivity (Wildman–Crippen MR) is 107 cm³/mol. The van der Waals surface area contributed by atoms with Crippen LogP contribution in [0.15, 0.2) is 10.9 Å². The Hall–Kier alpha value is -3.14. The summed E-state index contributed by atoms with van der Waals surface area (Å²) in [6.45, 7) is 7.05. The van der Waals surface area contributed by atoms with E-state index in [1.54, 1.807) is 13.8 Å². The van der Waals surface area contributed by atoms with Gasteiger partial charge in [-0.2, -0.15) is 5.26 Å². The molecule has 0 aromatic carbocycles. The number of nitrogens with zero attached hydrogens (tertiary/aromatic N) is 2. The van der Waals surface area contributed by atoms with Crippen molar-refractivity contribution in [3.05, 3.63) is 55.8 Å². The molecule has 0 atom stereocenters. The number of esters is 1. The molecule has 2 aromatic heterocycles. The number of carbonyl (C=O) groups is 2. The summed E-state index contributed by atoms with van der Waals surface area (Å²) in [7, 11) is 0. The van der Waals surface area contributed by atoms with E-state index in [9.17, 15) is 14.4 Å². The van der Waals surface area contributed by atoms with E-state index in [2.05, 4.69) is 9.55 Å². The highest BCUT2D eigenvalue weighted by atomic mass is 16.5. The first kappa shape index (κ1) is 20.6. The molecule has 1 fully saturated rings. The summed E-state index contributed by atoms with van der Waals surface area (Å²) in [6, 6.07) is 4.24. The number of nitrogens with one attached hydrogen (secondary N) is 1. The fourth-order valence-electron chi connectivity index (χ4n) is 3.90. The average molecular weight is 395 g/mol. The average Bonchev–Trinajstić information content (AvgIpc) is 3.44. The SMILES string of the molecule is Cc1[nH]c(=O)c(C#N)c(C)c1CCC(=O)OCC(=O)c1cc(C)n(C2CC2)c1C. The van der Waals surface area contributed by atoms with Crippen molar-refractivity contribution in [2.45, 2.75) is 59.4 Å². The molecule has 7 nitrogen and oxygen atoms in total. The van der Waals surface area contributed by atoms with Crippen molar-refractivity contribution in [2.24, 2.45) is 0 Å². The number of rotatable bonds is 7. The maximum Gasteiger partial charge on any atom is 0.306 e. The monoisotopic (exact) mass is 395 g/mol. The van der Waals surface area contributed by atoms with Gasteiger partial charge in [0.05, 0.1) is 0 Å². The number of hydrogen-bond donors (Lipinski definition) is 1. The second kappa shape index (κ2) is 8.08. The third kappa shape index (κ3) is 4.16. The molecule has 0 spiro atoms. The third-order valence-electron chi connectivity index (χ3n) is 5.56. The summed E-state index contributed by atoms with van der Waals surface area (Å²) >= 11 is 0. The van der Waals surface area contributed by atoms with Gasteiger partial charge in [0.25, 0.3) is 5.56 Å². The number of aromatic amines is 1. The van der Waals surface area contributed by atoms with Gasteiger partial charge >= 0.3 is 5.97 Å². The smallest absolute Gasteiger partial charge is 0.306 e. The van der Waals surface area contributed by atoms with Crippen LogP contribution < -0.4 is 5.56 Å². The van der Waals surface area contributed by atoms with E-state index >= 15 is 0 Å². The van der Waals surface area contributed by atoms with Crippen molar-refractivity contribution in [3.63, 3.8) is 0 Å². The molecule has 7 heteroatoms. The third-order valence-corrected chi connectivity index (χ3v) is 5.56. The standard InChI is InChI=1S/C22H25N3O4/c1-12-9-18(15(4)25(12)16-5-6-16)20(26)11-29-21(27)8-7-17-13(2)19(10-23)22(28)24-14(17)3/h9,16H,5-8,11H2,1-4H3,(H,24,28). The molecular weight excluding hydrogens is 370 g/mol. The van der Waals surface area contributed by atoms with Gasteiger partial charge in [0, 0.05) is 35.1 Å². The quantitative estimate of drug-likeness (QED) is 0.573. The molecule has 1 aliphatic carbocycles. The minimum absolute atomic E-state index is 0.0557. The zero-order valence-corrected chi connectivity index (χ0v) is 17.2. The molecule has 0 aliphatic heterocycles. The van der Waals surface area contributed by atoms with Crippen molar-refractivity contribution in [2.75, 3.05) is 6.61 Å². The summed E-state index contributed by atoms with van der Waals surface area (Å²) < 4.78 is 7.37. The van der Waals surface area contributed by atoms with Gasteiger partial charge in [-0.1, -0.05) is 0 Å². The molecular formula is C22H25N3O4. The van der Waals surface area contributed by atoms with E-state index < -0.39 is 11.5 Å². The van der Waals surface area contributed by atoms with Gasteiger partial charge in [0.15, 0.2) is 6.61 Å². The highest BCUT2D eigenvalue weighted by Crippen LogP contribution is 2.38. The fraction of sp³-hybridized carbons (Fsp3) is 0.455. The second-order valence-electron chi connectivity index (χ2n) is 7.64. The Morgan fingerprint density at radius 1 is 1.28 bits per heavy atom. The van der Waals surface area contributed by atoms with Crippen LogP contribution in [0, 0.1) is 39.0 Å². The Labute approximate surface area is 169 Å². The molecule has 1 N–H and O–H groups in total. The normalized spacial score (nSPS) is 13.2. The Morgan fingerprint density at radius 2 is 1.97 bits per heavy atom. The molecule has 0 saturated heterocycles. The van der Waals surface area contributed by atoms with Crippen molar-refractivity contribution in [1.82, 2.24) is 9.55 Å². The summed E-state index contributed by atoms with van der Waals surface area (Å²) in [5.74, 6) is -0.695. The molecule has 2 aromatic rings. The topological polar surface area (TPSA) is 105 Å². The lowest BCUT2D eigenvalue weighted by Crippen LogP contribution is -2.18. The molecule has 2 heterocycles. The number of H-pyrrole nitrogens is 1. The molecule has 152 valence electrons. The summed E-state index contributed by atoms with van der Waals surface area (Å²) in [4.78, 5) is 39.1. The number of ether oxygens (including phenoxy) is 1. The lowest BCUT2D eigenvalue weighted by atomic mass is 9.99. The first-order valence-corrected chi connectivity index (χ1v) is 9.74. The number of carbonyl (C=O) groups excluding carboxylic acids is 2. The minimum atomic E-state index is -0.488. The van der Waals surface area contributed by atoms with Crippen molar-refractivity contribution in [1.29, 1.82) is 5.26 Å². The van der Waals surface area contributed by atoms with Crippen LogP contribution >= 0.6 is 0 Å². The second-order valence-corrected chi connectivity index (χ2v) is 7.64. The van der Waals surface area contributed by atoms with Gasteiger partial charge < -0.3 is 14.3 Å². The van der Waals surface area contributed by atoms with Crippen LogP contribution in [0.3, 0.4) is 0 Å². The van der Waals surface area contributed by atoms with Gasteiger partial charge in [-0.25, -0.2) is 0 Å². The van der Waals surface area contributed by atoms with E-state index in [0.29, 0.717) is 29.3 Å². The van der Waals surface area contributed by atoms with E-state index in [-0.39, 0.29) is 24.4 Å². The van der Waals surface area contributed by atoms with Crippen LogP contribution in [0.25, 0.3) is 0 Å². The largest absolute Gasteiger partial charge is 0.457 e. The predicted octanol–water partition coefficient (Wildman–Crippen LogP) is 2.98. The first-order chi connectivity index (χ1) is 13.7. The summed E-state index contributed by atoms with van der Waals surface area (Å²) in [5, 5.41) is 9.13. The molecule has 0 radical (unpaired) electrons. The Bertz CT molecular complexity index is 1080. The number of aromatic nitrogens is 2. The number of nitriles is 1. The number of hydrogen-bond acceptors (Lipinski definition) is 5. The van der Waals surface area contributed by atoms with Crippen LogP contribution in [-0.2, 0) is 16.0 Å². The van der Waals surface area contributed by atoms with Gasteiger partial charge in [-0.05, 0) is 64.2 Å². The number of Topliss-reactive ketones (excluding diaryl/α,β-unsaturated/α-hetero) is 1. The van der Waals surface area contributed by atoms with Crippen LogP contribution in [0.5, 0.6) is 0 Å². The van der Waals surface area contributed by atoms with Gasteiger partial charge in [0.2, 0.25) is 5.78 Å². The van der Waals surface area contributed by atoms with Gasteiger partial charge in [-0.15, -0.1) is 0 Å². The van der Waals surface area contributed by atoms with Crippen LogP contribution in [0.1, 0.15) is 69.4 Å². The van der Waals surface area contributed by atoms with Crippen molar-refractivity contribution >= 4 is 11.8 Å². The maximum atomic E-state index is 12.5. The molecule has 29 heavy (non-hydrogen) atoms. The first-order valence-electron chi connectivity index (χ1n) is 9.74. The number of aryl methyl sites for hydroxylation is 2.